The third-order valence-electron chi connectivity index (χ3n) is 14.7. The van der Waals surface area contributed by atoms with Crippen LogP contribution in [0, 0.1) is 16.2 Å². The monoisotopic (exact) mass is 1220 g/mol. The number of halogens is 4. The molecule has 84 heavy (non-hydrogen) atoms. The summed E-state index contributed by atoms with van der Waals surface area (Å²) in [6, 6.07) is 39.4. The number of aromatic nitrogens is 3. The van der Waals surface area contributed by atoms with Gasteiger partial charge in [0.1, 0.15) is 41.0 Å². The van der Waals surface area contributed by atoms with Gasteiger partial charge < -0.3 is 51.0 Å². The summed E-state index contributed by atoms with van der Waals surface area (Å²) in [5.41, 5.74) is 2.10. The number of pyridine rings is 3. The number of aliphatic carboxylic acids is 1. The fraction of sp³-hybridized carbons (Fsp3) is 0.317. The highest BCUT2D eigenvalue weighted by atomic mass is 35.5. The van der Waals surface area contributed by atoms with Gasteiger partial charge in [-0.1, -0.05) is 101 Å². The Morgan fingerprint density at radius 2 is 0.857 bits per heavy atom. The molecule has 21 heteroatoms. The Morgan fingerprint density at radius 1 is 0.500 bits per heavy atom. The van der Waals surface area contributed by atoms with E-state index in [1.165, 1.54) is 19.2 Å². The molecule has 3 heterocycles. The van der Waals surface area contributed by atoms with E-state index in [-0.39, 0.29) is 66.9 Å². The molecule has 7 N–H and O–H groups in total. The number of aliphatic hydroxyl groups is 1. The van der Waals surface area contributed by atoms with Gasteiger partial charge >= 0.3 is 11.9 Å². The van der Waals surface area contributed by atoms with E-state index < -0.39 is 35.8 Å². The minimum Gasteiger partial charge on any atom is -0.493 e. The lowest BCUT2D eigenvalue weighted by Gasteiger charge is -2.19. The third-order valence-corrected chi connectivity index (χ3v) is 16.0. The van der Waals surface area contributed by atoms with Gasteiger partial charge in [0, 0.05) is 67.3 Å². The molecule has 440 valence electrons. The molecule has 0 aliphatic heterocycles. The molecular formula is C63H66Cl4N8O9. The lowest BCUT2D eigenvalue weighted by atomic mass is 10.0. The van der Waals surface area contributed by atoms with Gasteiger partial charge in [0.25, 0.3) is 11.8 Å². The number of nitrogens with one attached hydrogen (secondary N) is 5. The van der Waals surface area contributed by atoms with E-state index in [0.717, 1.165) is 92.5 Å². The van der Waals surface area contributed by atoms with Gasteiger partial charge in [-0.05, 0) is 135 Å². The van der Waals surface area contributed by atoms with Gasteiger partial charge in [0.05, 0.1) is 58.1 Å². The number of amides is 2. The predicted octanol–water partition coefficient (Wildman–Crippen LogP) is 11.5. The van der Waals surface area contributed by atoms with Crippen LogP contribution in [0.5, 0.6) is 11.5 Å². The molecule has 17 nitrogen and oxygen atoms in total. The van der Waals surface area contributed by atoms with Crippen LogP contribution in [0.3, 0.4) is 0 Å². The number of carbonyl (C=O) groups is 4. The Balaban J connectivity index is 0.000000181. The largest absolute Gasteiger partial charge is 0.493 e. The van der Waals surface area contributed by atoms with E-state index in [4.69, 9.17) is 65.7 Å². The van der Waals surface area contributed by atoms with E-state index in [1.807, 2.05) is 91.0 Å². The number of esters is 1. The summed E-state index contributed by atoms with van der Waals surface area (Å²) in [7, 11) is 1.28. The number of carboxylic acid groups (broad SMARTS) is 1. The second-order valence-corrected chi connectivity index (χ2v) is 22.9. The first kappa shape index (κ1) is 62.4. The first-order valence-corrected chi connectivity index (χ1v) is 28.9. The number of nitrogens with zero attached hydrogens (tertiary/aromatic N) is 3. The second-order valence-electron chi connectivity index (χ2n) is 21.2. The number of aliphatic hydroxyl groups excluding tert-OH is 1. The van der Waals surface area contributed by atoms with E-state index >= 15 is 0 Å². The van der Waals surface area contributed by atoms with E-state index in [2.05, 4.69) is 41.5 Å². The van der Waals surface area contributed by atoms with Crippen molar-refractivity contribution < 1.29 is 43.6 Å². The topological polar surface area (TPSA) is 235 Å². The van der Waals surface area contributed by atoms with Crippen LogP contribution < -0.4 is 36.1 Å². The maximum absolute atomic E-state index is 12.8. The van der Waals surface area contributed by atoms with Crippen LogP contribution in [0.15, 0.2) is 158 Å². The molecule has 3 fully saturated rings. The number of carboxylic acids is 1. The molecule has 3 aliphatic rings. The van der Waals surface area contributed by atoms with Crippen LogP contribution in [0.4, 0.5) is 17.5 Å². The average Bonchev–Trinajstić information content (AvgIpc) is 4.59. The van der Waals surface area contributed by atoms with E-state index in [9.17, 15) is 24.3 Å². The normalized spacial score (nSPS) is 15.1. The Hall–Kier alpha value is -7.67. The summed E-state index contributed by atoms with van der Waals surface area (Å²) in [6.45, 7) is 3.90. The van der Waals surface area contributed by atoms with Gasteiger partial charge in [-0.3, -0.25) is 9.59 Å². The number of rotatable bonds is 26. The highest BCUT2D eigenvalue weighted by molar-refractivity contribution is 6.40. The summed E-state index contributed by atoms with van der Waals surface area (Å²) >= 11 is 24.4. The SMILES string of the molecule is COC(=O)[C@H](Cc1ccc(OCC2(CNc3ccccn3)CC2)cc1)NC(=O)c1c(Cl)cccc1Cl.O=C(N[C@@H](Cc1ccc(OCC2(CNc3ccccn3)CC2)cc1)C(=O)O)c1c(Cl)cccc1Cl.OCC1(CNc2ccccn2)CC1. The minimum absolute atomic E-state index is 0.0531. The number of benzene rings is 4. The Labute approximate surface area is 508 Å². The number of carbonyl (C=O) groups excluding carboxylic acids is 3. The second kappa shape index (κ2) is 29.7. The zero-order chi connectivity index (χ0) is 59.5. The molecule has 0 spiro atoms. The molecule has 2 amide bonds. The van der Waals surface area contributed by atoms with Crippen molar-refractivity contribution >= 4 is 87.6 Å². The molecule has 2 atom stereocenters. The minimum atomic E-state index is -1.15. The van der Waals surface area contributed by atoms with Crippen LogP contribution in [0.2, 0.25) is 20.1 Å². The average molecular weight is 1220 g/mol. The zero-order valence-electron chi connectivity index (χ0n) is 46.2. The van der Waals surface area contributed by atoms with Crippen LogP contribution >= 0.6 is 46.4 Å². The van der Waals surface area contributed by atoms with Crippen LogP contribution in [0.1, 0.15) is 70.4 Å². The highest BCUT2D eigenvalue weighted by Crippen LogP contribution is 2.47. The highest BCUT2D eigenvalue weighted by Gasteiger charge is 2.45. The van der Waals surface area contributed by atoms with Crippen molar-refractivity contribution in [2.24, 2.45) is 16.2 Å². The molecule has 4 aromatic carbocycles. The van der Waals surface area contributed by atoms with Crippen LogP contribution in [-0.4, -0.2) is 108 Å². The van der Waals surface area contributed by atoms with Crippen LogP contribution in [-0.2, 0) is 27.2 Å². The number of hydrogen-bond donors (Lipinski definition) is 7. The summed E-state index contributed by atoms with van der Waals surface area (Å²) in [4.78, 5) is 62.3. The number of hydrogen-bond acceptors (Lipinski definition) is 14. The first-order chi connectivity index (χ1) is 40.6. The van der Waals surface area contributed by atoms with Gasteiger partial charge in [-0.15, -0.1) is 0 Å². The number of ether oxygens (including phenoxy) is 3. The van der Waals surface area contributed by atoms with Gasteiger partial charge in [-0.25, -0.2) is 24.5 Å². The number of methoxy groups -OCH3 is 1. The van der Waals surface area contributed by atoms with Crippen molar-refractivity contribution in [1.82, 2.24) is 25.6 Å². The smallest absolute Gasteiger partial charge is 0.328 e. The maximum Gasteiger partial charge on any atom is 0.328 e. The Morgan fingerprint density at radius 3 is 1.18 bits per heavy atom. The lowest BCUT2D eigenvalue weighted by Crippen LogP contribution is -2.43. The molecule has 3 saturated carbocycles. The predicted molar refractivity (Wildman–Crippen MR) is 327 cm³/mol. The van der Waals surface area contributed by atoms with Crippen molar-refractivity contribution in [2.45, 2.75) is 63.5 Å². The molecule has 0 radical (unpaired) electrons. The lowest BCUT2D eigenvalue weighted by molar-refractivity contribution is -0.143. The van der Waals surface area contributed by atoms with Gasteiger partial charge in [0.15, 0.2) is 0 Å². The van der Waals surface area contributed by atoms with Crippen LogP contribution in [0.25, 0.3) is 0 Å². The third kappa shape index (κ3) is 18.7. The van der Waals surface area contributed by atoms with Gasteiger partial charge in [-0.2, -0.15) is 0 Å². The quantitative estimate of drug-likeness (QED) is 0.0250. The molecule has 3 aliphatic carbocycles. The van der Waals surface area contributed by atoms with Crippen molar-refractivity contribution in [3.8, 4) is 11.5 Å². The summed E-state index contributed by atoms with van der Waals surface area (Å²) < 4.78 is 16.9. The fourth-order valence-electron chi connectivity index (χ4n) is 8.72. The molecule has 3 aromatic heterocycles. The molecule has 10 rings (SSSR count). The fourth-order valence-corrected chi connectivity index (χ4v) is 9.85. The van der Waals surface area contributed by atoms with Gasteiger partial charge in [0.2, 0.25) is 0 Å². The summed E-state index contributed by atoms with van der Waals surface area (Å²) in [5, 5.41) is 34.6. The standard InChI is InChI=1S/C27H27Cl2N3O4.C26H25Cl2N3O4.C10H14N2O/c1-35-26(34)22(32-25(33)24-20(28)5-4-6-21(24)29)15-18-8-10-19(11-9-18)36-17-27(12-13-27)16-31-23-7-2-3-14-30-23;27-19-4-3-5-20(28)23(19)24(32)31-21(25(33)34)14-17-7-9-18(10-8-17)35-16-26(11-12-26)15-30-22-6-1-2-13-29-22;13-8-10(4-5-10)7-12-9-3-1-2-6-11-9/h2-11,14,22H,12-13,15-17H2,1H3,(H,30,31)(H,32,33);1-10,13,21H,11-12,14-16H2,(H,29,30)(H,31,32)(H,33,34);1-3,6,13H,4-5,7-8H2,(H,11,12)/t22-;21-;/m00./s1. The Bertz CT molecular complexity index is 3250. The summed E-state index contributed by atoms with van der Waals surface area (Å²) in [5.74, 6) is 1.14. The van der Waals surface area contributed by atoms with Crippen molar-refractivity contribution in [3.05, 3.63) is 200 Å². The summed E-state index contributed by atoms with van der Waals surface area (Å²) in [6.07, 6.45) is 12.2. The molecule has 0 bridgehead atoms. The Kier molecular flexibility index (Phi) is 22.1. The molecule has 0 unspecified atom stereocenters. The maximum atomic E-state index is 12.8. The zero-order valence-corrected chi connectivity index (χ0v) is 49.2. The van der Waals surface area contributed by atoms with E-state index in [0.29, 0.717) is 19.0 Å². The molecule has 7 aromatic rings. The molecular weight excluding hydrogens is 1150 g/mol. The van der Waals surface area contributed by atoms with Crippen molar-refractivity contribution in [2.75, 3.05) is 62.5 Å². The molecule has 0 saturated heterocycles. The van der Waals surface area contributed by atoms with Crippen molar-refractivity contribution in [1.29, 1.82) is 0 Å². The van der Waals surface area contributed by atoms with Crippen molar-refractivity contribution in [3.63, 3.8) is 0 Å². The number of anilines is 3. The van der Waals surface area contributed by atoms with E-state index in [1.54, 1.807) is 55.0 Å². The first-order valence-electron chi connectivity index (χ1n) is 27.4.